The van der Waals surface area contributed by atoms with Crippen molar-refractivity contribution in [3.63, 3.8) is 0 Å². The van der Waals surface area contributed by atoms with E-state index in [0.29, 0.717) is 0 Å². The number of hydrogen-bond acceptors (Lipinski definition) is 3. The summed E-state index contributed by atoms with van der Waals surface area (Å²) in [5, 5.41) is 2.86. The minimum Gasteiger partial charge on any atom is -0.348 e. The average molecular weight is 455 g/mol. The molecule has 32 heavy (non-hydrogen) atoms. The number of carbonyl (C=O) groups is 1. The molecule has 0 fully saturated rings. The molecule has 3 aromatic rings. The number of aryl methyl sites for hydroxylation is 3. The molecule has 0 heterocycles. The first-order valence-corrected chi connectivity index (χ1v) is 11.7. The highest BCUT2D eigenvalue weighted by molar-refractivity contribution is 7.92. The third kappa shape index (κ3) is 4.99. The summed E-state index contributed by atoms with van der Waals surface area (Å²) < 4.78 is 42.0. The summed E-state index contributed by atoms with van der Waals surface area (Å²) in [6.07, 6.45) is 0. The van der Waals surface area contributed by atoms with E-state index in [9.17, 15) is 17.6 Å². The van der Waals surface area contributed by atoms with Gasteiger partial charge in [-0.15, -0.1) is 0 Å². The standard InChI is InChI=1S/C25H27FN2O3S/c1-17-14-19(3)22(15-18(17)2)20(4)27-25(29)16-28(24-13-9-8-12-23(24)26)32(30,31)21-10-6-5-7-11-21/h5-15,20H,16H2,1-4H3,(H,27,29)/t20-/m0/s1. The van der Waals surface area contributed by atoms with Gasteiger partial charge in [-0.3, -0.25) is 9.10 Å². The number of nitrogens with one attached hydrogen (secondary N) is 1. The molecule has 168 valence electrons. The normalized spacial score (nSPS) is 12.3. The third-order valence-corrected chi connectivity index (χ3v) is 7.24. The molecule has 1 atom stereocenters. The lowest BCUT2D eigenvalue weighted by atomic mass is 9.96. The third-order valence-electron chi connectivity index (χ3n) is 5.47. The minimum absolute atomic E-state index is 0.0193. The first-order chi connectivity index (χ1) is 15.1. The van der Waals surface area contributed by atoms with Gasteiger partial charge in [-0.2, -0.15) is 0 Å². The second-order valence-corrected chi connectivity index (χ2v) is 9.72. The van der Waals surface area contributed by atoms with Crippen molar-refractivity contribution in [2.45, 2.75) is 38.6 Å². The van der Waals surface area contributed by atoms with Crippen molar-refractivity contribution in [3.8, 4) is 0 Å². The van der Waals surface area contributed by atoms with Crippen molar-refractivity contribution < 1.29 is 17.6 Å². The Bertz CT molecular complexity index is 1230. The molecule has 3 rings (SSSR count). The molecule has 0 aliphatic carbocycles. The molecule has 0 aliphatic rings. The monoisotopic (exact) mass is 454 g/mol. The molecule has 5 nitrogen and oxygen atoms in total. The Morgan fingerprint density at radius 1 is 0.938 bits per heavy atom. The van der Waals surface area contributed by atoms with Gasteiger partial charge in [-0.1, -0.05) is 42.5 Å². The van der Waals surface area contributed by atoms with Gasteiger partial charge in [0.1, 0.15) is 12.4 Å². The highest BCUT2D eigenvalue weighted by Gasteiger charge is 2.29. The van der Waals surface area contributed by atoms with Crippen LogP contribution < -0.4 is 9.62 Å². The summed E-state index contributed by atoms with van der Waals surface area (Å²) in [6, 6.07) is 16.9. The minimum atomic E-state index is -4.16. The maximum Gasteiger partial charge on any atom is 0.264 e. The fourth-order valence-electron chi connectivity index (χ4n) is 3.62. The Balaban J connectivity index is 1.91. The molecule has 3 aromatic carbocycles. The van der Waals surface area contributed by atoms with Crippen molar-refractivity contribution >= 4 is 21.6 Å². The maximum atomic E-state index is 14.6. The number of benzene rings is 3. The summed E-state index contributed by atoms with van der Waals surface area (Å²) in [7, 11) is -4.16. The fraction of sp³-hybridized carbons (Fsp3) is 0.240. The van der Waals surface area contributed by atoms with Gasteiger partial charge in [0, 0.05) is 0 Å². The van der Waals surface area contributed by atoms with Crippen LogP contribution in [0.15, 0.2) is 71.6 Å². The summed E-state index contributed by atoms with van der Waals surface area (Å²) in [4.78, 5) is 12.9. The molecule has 0 radical (unpaired) electrons. The second-order valence-electron chi connectivity index (χ2n) is 7.86. The highest BCUT2D eigenvalue weighted by atomic mass is 32.2. The van der Waals surface area contributed by atoms with Crippen LogP contribution in [0.25, 0.3) is 0 Å². The summed E-state index contributed by atoms with van der Waals surface area (Å²) in [6.45, 7) is 7.28. The van der Waals surface area contributed by atoms with E-state index in [1.54, 1.807) is 18.2 Å². The van der Waals surface area contributed by atoms with Crippen LogP contribution in [0.1, 0.15) is 35.2 Å². The van der Waals surface area contributed by atoms with Crippen LogP contribution >= 0.6 is 0 Å². The van der Waals surface area contributed by atoms with E-state index in [4.69, 9.17) is 0 Å². The van der Waals surface area contributed by atoms with Gasteiger partial charge < -0.3 is 5.32 Å². The Morgan fingerprint density at radius 3 is 2.19 bits per heavy atom. The summed E-state index contributed by atoms with van der Waals surface area (Å²) in [5.41, 5.74) is 4.06. The van der Waals surface area contributed by atoms with Gasteiger partial charge in [-0.25, -0.2) is 12.8 Å². The summed E-state index contributed by atoms with van der Waals surface area (Å²) >= 11 is 0. The van der Waals surface area contributed by atoms with Gasteiger partial charge in [0.15, 0.2) is 0 Å². The molecular formula is C25H27FN2O3S. The molecule has 0 bridgehead atoms. The highest BCUT2D eigenvalue weighted by Crippen LogP contribution is 2.26. The largest absolute Gasteiger partial charge is 0.348 e. The predicted octanol–water partition coefficient (Wildman–Crippen LogP) is 4.82. The van der Waals surface area contributed by atoms with Crippen molar-refractivity contribution in [1.82, 2.24) is 5.32 Å². The number of carbonyl (C=O) groups excluding carboxylic acids is 1. The zero-order chi connectivity index (χ0) is 23.5. The first-order valence-electron chi connectivity index (χ1n) is 10.3. The lowest BCUT2D eigenvalue weighted by Gasteiger charge is -2.26. The maximum absolute atomic E-state index is 14.6. The number of rotatable bonds is 7. The van der Waals surface area contributed by atoms with E-state index < -0.39 is 28.3 Å². The van der Waals surface area contributed by atoms with Gasteiger partial charge in [-0.05, 0) is 74.2 Å². The first kappa shape index (κ1) is 23.5. The second kappa shape index (κ2) is 9.53. The SMILES string of the molecule is Cc1cc(C)c([C@H](C)NC(=O)CN(c2ccccc2F)S(=O)(=O)c2ccccc2)cc1C. The van der Waals surface area contributed by atoms with Crippen LogP contribution in [0, 0.1) is 26.6 Å². The van der Waals surface area contributed by atoms with Crippen LogP contribution in [0.3, 0.4) is 0 Å². The quantitative estimate of drug-likeness (QED) is 0.556. The Labute approximate surface area is 188 Å². The van der Waals surface area contributed by atoms with Crippen molar-refractivity contribution in [1.29, 1.82) is 0 Å². The fourth-order valence-corrected chi connectivity index (χ4v) is 5.07. The smallest absolute Gasteiger partial charge is 0.264 e. The van der Waals surface area contributed by atoms with E-state index in [-0.39, 0.29) is 16.6 Å². The van der Waals surface area contributed by atoms with Crippen LogP contribution in [0.4, 0.5) is 10.1 Å². The molecule has 1 amide bonds. The molecular weight excluding hydrogens is 427 g/mol. The average Bonchev–Trinajstić information content (AvgIpc) is 2.75. The lowest BCUT2D eigenvalue weighted by molar-refractivity contribution is -0.120. The Hall–Kier alpha value is -3.19. The number of halogens is 1. The number of nitrogens with zero attached hydrogens (tertiary/aromatic N) is 1. The van der Waals surface area contributed by atoms with Gasteiger partial charge in [0.25, 0.3) is 10.0 Å². The van der Waals surface area contributed by atoms with Gasteiger partial charge in [0.2, 0.25) is 5.91 Å². The van der Waals surface area contributed by atoms with Crippen LogP contribution in [-0.4, -0.2) is 20.9 Å². The molecule has 0 saturated carbocycles. The van der Waals surface area contributed by atoms with Crippen molar-refractivity contribution in [3.05, 3.63) is 94.8 Å². The number of hydrogen-bond donors (Lipinski definition) is 1. The zero-order valence-corrected chi connectivity index (χ0v) is 19.4. The predicted molar refractivity (Wildman–Crippen MR) is 125 cm³/mol. The molecule has 0 unspecified atom stereocenters. The van der Waals surface area contributed by atoms with Gasteiger partial charge in [0.05, 0.1) is 16.6 Å². The number of amides is 1. The van der Waals surface area contributed by atoms with E-state index in [0.717, 1.165) is 26.6 Å². The zero-order valence-electron chi connectivity index (χ0n) is 18.6. The number of para-hydroxylation sites is 1. The van der Waals surface area contributed by atoms with Crippen molar-refractivity contribution in [2.75, 3.05) is 10.8 Å². The molecule has 0 aromatic heterocycles. The number of anilines is 1. The van der Waals surface area contributed by atoms with E-state index in [1.807, 2.05) is 33.8 Å². The molecule has 0 saturated heterocycles. The number of sulfonamides is 1. The molecule has 7 heteroatoms. The van der Waals surface area contributed by atoms with Crippen LogP contribution in [0.2, 0.25) is 0 Å². The van der Waals surface area contributed by atoms with Gasteiger partial charge >= 0.3 is 0 Å². The molecule has 0 spiro atoms. The summed E-state index contributed by atoms with van der Waals surface area (Å²) in [5.74, 6) is -1.25. The van der Waals surface area contributed by atoms with E-state index >= 15 is 0 Å². The van der Waals surface area contributed by atoms with Crippen LogP contribution in [0.5, 0.6) is 0 Å². The van der Waals surface area contributed by atoms with Crippen molar-refractivity contribution in [2.24, 2.45) is 0 Å². The lowest BCUT2D eigenvalue weighted by Crippen LogP contribution is -2.42. The topological polar surface area (TPSA) is 66.5 Å². The van der Waals surface area contributed by atoms with E-state index in [2.05, 4.69) is 11.4 Å². The van der Waals surface area contributed by atoms with E-state index in [1.165, 1.54) is 36.4 Å². The molecule has 0 aliphatic heterocycles. The molecule has 1 N–H and O–H groups in total. The Morgan fingerprint density at radius 2 is 1.53 bits per heavy atom. The van der Waals surface area contributed by atoms with Crippen LogP contribution in [-0.2, 0) is 14.8 Å². The Kier molecular flexibility index (Phi) is 6.99.